The fraction of sp³-hybridized carbons (Fsp3) is 0.800. The molecule has 0 bridgehead atoms. The third kappa shape index (κ3) is 5.64. The van der Waals surface area contributed by atoms with E-state index in [1.54, 1.807) is 20.8 Å². The van der Waals surface area contributed by atoms with Crippen molar-refractivity contribution in [1.82, 2.24) is 15.9 Å². The molecule has 0 aromatic rings. The monoisotopic (exact) mass is 343 g/mol. The van der Waals surface area contributed by atoms with E-state index < -0.39 is 29.8 Å². The number of ether oxygens (including phenoxy) is 2. The van der Waals surface area contributed by atoms with Crippen LogP contribution in [0.15, 0.2) is 0 Å². The molecule has 2 rings (SSSR count). The largest absolute Gasteiger partial charge is 0.443 e. The van der Waals surface area contributed by atoms with Crippen molar-refractivity contribution in [3.63, 3.8) is 0 Å². The first-order valence-electron chi connectivity index (χ1n) is 8.12. The molecule has 0 aromatic heterocycles. The van der Waals surface area contributed by atoms with E-state index in [1.165, 1.54) is 0 Å². The fourth-order valence-corrected chi connectivity index (χ4v) is 2.41. The second kappa shape index (κ2) is 7.80. The number of hydrogen-bond acceptors (Lipinski definition) is 6. The molecule has 2 fully saturated rings. The Kier molecular flexibility index (Phi) is 6.00. The Balaban J connectivity index is 1.76. The molecule has 9 nitrogen and oxygen atoms in total. The quantitative estimate of drug-likeness (QED) is 0.733. The zero-order valence-corrected chi connectivity index (χ0v) is 14.3. The highest BCUT2D eigenvalue weighted by Crippen LogP contribution is 2.18. The maximum Gasteiger partial charge on any atom is 0.426 e. The summed E-state index contributed by atoms with van der Waals surface area (Å²) in [4.78, 5) is 40.9. The summed E-state index contributed by atoms with van der Waals surface area (Å²) in [6.45, 7) is 5.84. The number of hydrazine groups is 1. The molecule has 2 heterocycles. The van der Waals surface area contributed by atoms with E-state index in [0.717, 1.165) is 24.3 Å². The van der Waals surface area contributed by atoms with Crippen molar-refractivity contribution in [3.05, 3.63) is 0 Å². The average Bonchev–Trinajstić information content (AvgIpc) is 2.85. The molecule has 0 saturated carbocycles. The first-order valence-corrected chi connectivity index (χ1v) is 8.12. The lowest BCUT2D eigenvalue weighted by Crippen LogP contribution is -2.46. The lowest BCUT2D eigenvalue weighted by atomic mass is 10.1. The molecule has 0 aliphatic carbocycles. The number of hydrogen-bond donors (Lipinski definition) is 2. The Labute approximate surface area is 140 Å². The van der Waals surface area contributed by atoms with E-state index in [9.17, 15) is 14.4 Å². The molecule has 2 aliphatic heterocycles. The van der Waals surface area contributed by atoms with Crippen LogP contribution in [-0.4, -0.2) is 48.0 Å². The minimum Gasteiger partial charge on any atom is -0.443 e. The Bertz CT molecular complexity index is 484. The Morgan fingerprint density at radius 1 is 1.29 bits per heavy atom. The molecule has 2 saturated heterocycles. The highest BCUT2D eigenvalue weighted by Gasteiger charge is 2.36. The number of carbonyl (C=O) groups is 3. The van der Waals surface area contributed by atoms with Gasteiger partial charge in [-0.3, -0.25) is 14.6 Å². The van der Waals surface area contributed by atoms with Crippen molar-refractivity contribution in [1.29, 1.82) is 0 Å². The first kappa shape index (κ1) is 18.5. The summed E-state index contributed by atoms with van der Waals surface area (Å²) < 4.78 is 10.4. The number of hydroxylamine groups is 1. The molecular formula is C15H25N3O6. The van der Waals surface area contributed by atoms with Gasteiger partial charge < -0.3 is 9.47 Å². The van der Waals surface area contributed by atoms with Gasteiger partial charge >= 0.3 is 6.09 Å². The van der Waals surface area contributed by atoms with Crippen molar-refractivity contribution in [3.8, 4) is 0 Å². The Hall–Kier alpha value is -1.87. The highest BCUT2D eigenvalue weighted by atomic mass is 16.8. The molecule has 0 unspecified atom stereocenters. The van der Waals surface area contributed by atoms with Gasteiger partial charge in [-0.15, -0.1) is 0 Å². The van der Waals surface area contributed by atoms with Crippen LogP contribution in [0.4, 0.5) is 4.79 Å². The van der Waals surface area contributed by atoms with E-state index in [2.05, 4.69) is 10.9 Å². The summed E-state index contributed by atoms with van der Waals surface area (Å²) >= 11 is 0. The predicted octanol–water partition coefficient (Wildman–Crippen LogP) is 0.849. The molecular weight excluding hydrogens is 318 g/mol. The van der Waals surface area contributed by atoms with Crippen LogP contribution in [0.2, 0.25) is 0 Å². The maximum atomic E-state index is 12.1. The van der Waals surface area contributed by atoms with Crippen LogP contribution in [0.1, 0.15) is 46.5 Å². The second-order valence-electron chi connectivity index (χ2n) is 6.90. The lowest BCUT2D eigenvalue weighted by Gasteiger charge is -2.24. The zero-order valence-electron chi connectivity index (χ0n) is 14.3. The molecule has 24 heavy (non-hydrogen) atoms. The van der Waals surface area contributed by atoms with Gasteiger partial charge in [-0.05, 0) is 33.6 Å². The van der Waals surface area contributed by atoms with Crippen molar-refractivity contribution in [2.75, 3.05) is 13.2 Å². The number of rotatable bonds is 4. The number of nitrogens with zero attached hydrogens (tertiary/aromatic N) is 1. The van der Waals surface area contributed by atoms with Crippen LogP contribution in [0.5, 0.6) is 0 Å². The molecule has 0 spiro atoms. The van der Waals surface area contributed by atoms with Gasteiger partial charge in [0, 0.05) is 19.4 Å². The smallest absolute Gasteiger partial charge is 0.426 e. The van der Waals surface area contributed by atoms with E-state index in [4.69, 9.17) is 14.3 Å². The summed E-state index contributed by atoms with van der Waals surface area (Å²) in [6.07, 6.45) is 1.50. The minimum atomic E-state index is -0.733. The van der Waals surface area contributed by atoms with Crippen molar-refractivity contribution < 1.29 is 28.7 Å². The van der Waals surface area contributed by atoms with Gasteiger partial charge in [0.1, 0.15) is 5.60 Å². The normalized spacial score (nSPS) is 24.6. The third-order valence-corrected chi connectivity index (χ3v) is 3.55. The van der Waals surface area contributed by atoms with Gasteiger partial charge in [0.25, 0.3) is 0 Å². The van der Waals surface area contributed by atoms with E-state index in [-0.39, 0.29) is 18.9 Å². The van der Waals surface area contributed by atoms with Crippen LogP contribution >= 0.6 is 0 Å². The standard InChI is InChI=1S/C15H25N3O6/c1-15(2,3)23-14(21)16-18-9-10(8-11(18)19)13(20)17-24-12-6-4-5-7-22-12/h10,12H,4-9H2,1-3H3,(H,16,21)(H,17,20)/t10-,12+/m0/s1. The third-order valence-electron chi connectivity index (χ3n) is 3.55. The topological polar surface area (TPSA) is 106 Å². The van der Waals surface area contributed by atoms with Gasteiger partial charge in [0.2, 0.25) is 11.8 Å². The minimum absolute atomic E-state index is 0.00346. The van der Waals surface area contributed by atoms with Gasteiger partial charge in [0.15, 0.2) is 6.29 Å². The molecule has 9 heteroatoms. The summed E-state index contributed by atoms with van der Waals surface area (Å²) in [5.41, 5.74) is 4.02. The number of carbonyl (C=O) groups excluding carboxylic acids is 3. The van der Waals surface area contributed by atoms with Crippen LogP contribution in [-0.2, 0) is 23.9 Å². The van der Waals surface area contributed by atoms with Crippen molar-refractivity contribution in [2.24, 2.45) is 5.92 Å². The molecule has 2 aliphatic rings. The summed E-state index contributed by atoms with van der Waals surface area (Å²) in [7, 11) is 0. The molecule has 2 atom stereocenters. The predicted molar refractivity (Wildman–Crippen MR) is 82.0 cm³/mol. The lowest BCUT2D eigenvalue weighted by molar-refractivity contribution is -0.202. The molecule has 0 aromatic carbocycles. The van der Waals surface area contributed by atoms with Crippen molar-refractivity contribution >= 4 is 17.9 Å². The molecule has 136 valence electrons. The van der Waals surface area contributed by atoms with E-state index in [1.807, 2.05) is 0 Å². The van der Waals surface area contributed by atoms with E-state index in [0.29, 0.717) is 6.61 Å². The summed E-state index contributed by atoms with van der Waals surface area (Å²) in [5.74, 6) is -1.36. The number of nitrogens with one attached hydrogen (secondary N) is 2. The van der Waals surface area contributed by atoms with Crippen LogP contribution in [0.25, 0.3) is 0 Å². The summed E-state index contributed by atoms with van der Waals surface area (Å²) in [5, 5.41) is 1.09. The van der Waals surface area contributed by atoms with Crippen LogP contribution in [0, 0.1) is 5.92 Å². The molecule has 0 radical (unpaired) electrons. The SMILES string of the molecule is CC(C)(C)OC(=O)NN1C[C@@H](C(=O)NO[C@@H]2CCCCO2)CC1=O. The van der Waals surface area contributed by atoms with Gasteiger partial charge in [-0.2, -0.15) is 0 Å². The van der Waals surface area contributed by atoms with Gasteiger partial charge in [-0.1, -0.05) is 0 Å². The summed E-state index contributed by atoms with van der Waals surface area (Å²) in [6, 6.07) is 0. The fourth-order valence-electron chi connectivity index (χ4n) is 2.41. The van der Waals surface area contributed by atoms with Crippen LogP contribution < -0.4 is 10.9 Å². The van der Waals surface area contributed by atoms with Crippen LogP contribution in [0.3, 0.4) is 0 Å². The number of amides is 3. The zero-order chi connectivity index (χ0) is 17.7. The Morgan fingerprint density at radius 3 is 2.67 bits per heavy atom. The van der Waals surface area contributed by atoms with E-state index >= 15 is 0 Å². The van der Waals surface area contributed by atoms with Crippen molar-refractivity contribution in [2.45, 2.75) is 58.3 Å². The molecule has 3 amide bonds. The maximum absolute atomic E-state index is 12.1. The first-order chi connectivity index (χ1) is 11.2. The van der Waals surface area contributed by atoms with Gasteiger partial charge in [0.05, 0.1) is 12.5 Å². The average molecular weight is 343 g/mol. The Morgan fingerprint density at radius 2 is 2.04 bits per heavy atom. The second-order valence-corrected chi connectivity index (χ2v) is 6.90. The van der Waals surface area contributed by atoms with Gasteiger partial charge in [-0.25, -0.2) is 20.5 Å². The molecule has 2 N–H and O–H groups in total. The highest BCUT2D eigenvalue weighted by molar-refractivity contribution is 5.89.